The Bertz CT molecular complexity index is 768. The van der Waals surface area contributed by atoms with Crippen molar-refractivity contribution in [2.75, 3.05) is 19.4 Å². The molecule has 2 N–H and O–H groups in total. The molecule has 25 heavy (non-hydrogen) atoms. The number of nitrogen functional groups attached to an aromatic ring is 1. The maximum absolute atomic E-state index is 13.0. The fourth-order valence-electron chi connectivity index (χ4n) is 3.53. The molecule has 1 aromatic heterocycles. The SMILES string of the molecule is COc1cccc(C2CCCN2C(=O)Cc2c(C)nc(N)nc2C)c1. The van der Waals surface area contributed by atoms with E-state index in [0.29, 0.717) is 6.42 Å². The van der Waals surface area contributed by atoms with Crippen LogP contribution in [0.1, 0.15) is 41.4 Å². The van der Waals surface area contributed by atoms with Crippen LogP contribution >= 0.6 is 0 Å². The third-order valence-electron chi connectivity index (χ3n) is 4.82. The standard InChI is InChI=1S/C19H24N4O2/c1-12-16(13(2)22-19(20)21-12)11-18(24)23-9-5-8-17(23)14-6-4-7-15(10-14)25-3/h4,6-7,10,17H,5,8-9,11H2,1-3H3,(H2,20,21,22). The smallest absolute Gasteiger partial charge is 0.227 e. The molecule has 6 heteroatoms. The van der Waals surface area contributed by atoms with Gasteiger partial charge >= 0.3 is 0 Å². The van der Waals surface area contributed by atoms with Crippen molar-refractivity contribution in [3.63, 3.8) is 0 Å². The van der Waals surface area contributed by atoms with Crippen molar-refractivity contribution in [1.82, 2.24) is 14.9 Å². The van der Waals surface area contributed by atoms with E-state index >= 15 is 0 Å². The van der Waals surface area contributed by atoms with Gasteiger partial charge in [-0.3, -0.25) is 4.79 Å². The van der Waals surface area contributed by atoms with Crippen molar-refractivity contribution in [3.8, 4) is 5.75 Å². The topological polar surface area (TPSA) is 81.3 Å². The Morgan fingerprint density at radius 2 is 2.04 bits per heavy atom. The molecule has 0 bridgehead atoms. The zero-order valence-corrected chi connectivity index (χ0v) is 15.0. The Morgan fingerprint density at radius 1 is 1.32 bits per heavy atom. The van der Waals surface area contributed by atoms with Gasteiger partial charge in [0.2, 0.25) is 11.9 Å². The molecule has 1 unspecified atom stereocenters. The molecule has 1 saturated heterocycles. The van der Waals surface area contributed by atoms with Crippen LogP contribution in [0.15, 0.2) is 24.3 Å². The van der Waals surface area contributed by atoms with E-state index in [1.165, 1.54) is 0 Å². The van der Waals surface area contributed by atoms with E-state index in [1.807, 2.05) is 36.9 Å². The Morgan fingerprint density at radius 3 is 2.72 bits per heavy atom. The van der Waals surface area contributed by atoms with Crippen molar-refractivity contribution < 1.29 is 9.53 Å². The number of nitrogens with two attached hydrogens (primary N) is 1. The van der Waals surface area contributed by atoms with E-state index < -0.39 is 0 Å². The first-order valence-electron chi connectivity index (χ1n) is 8.52. The Hall–Kier alpha value is -2.63. The van der Waals surface area contributed by atoms with Gasteiger partial charge in [-0.15, -0.1) is 0 Å². The van der Waals surface area contributed by atoms with Gasteiger partial charge in [-0.1, -0.05) is 12.1 Å². The normalized spacial score (nSPS) is 16.9. The maximum atomic E-state index is 13.0. The number of carbonyl (C=O) groups is 1. The highest BCUT2D eigenvalue weighted by Gasteiger charge is 2.30. The van der Waals surface area contributed by atoms with E-state index in [2.05, 4.69) is 16.0 Å². The van der Waals surface area contributed by atoms with Crippen LogP contribution in [-0.2, 0) is 11.2 Å². The maximum Gasteiger partial charge on any atom is 0.227 e. The molecule has 1 amide bonds. The molecule has 2 aromatic rings. The summed E-state index contributed by atoms with van der Waals surface area (Å²) in [6.07, 6.45) is 2.28. The molecule has 3 rings (SSSR count). The number of hydrogen-bond acceptors (Lipinski definition) is 5. The lowest BCUT2D eigenvalue weighted by Gasteiger charge is -2.26. The van der Waals surface area contributed by atoms with Gasteiger partial charge in [0.25, 0.3) is 0 Å². The van der Waals surface area contributed by atoms with Crippen LogP contribution in [0.3, 0.4) is 0 Å². The number of aromatic nitrogens is 2. The molecule has 1 atom stereocenters. The van der Waals surface area contributed by atoms with Crippen LogP contribution < -0.4 is 10.5 Å². The molecule has 0 aliphatic carbocycles. The summed E-state index contributed by atoms with van der Waals surface area (Å²) in [4.78, 5) is 23.3. The number of ether oxygens (including phenoxy) is 1. The predicted octanol–water partition coefficient (Wildman–Crippen LogP) is 2.59. The van der Waals surface area contributed by atoms with Crippen molar-refractivity contribution >= 4 is 11.9 Å². The first kappa shape index (κ1) is 17.2. The summed E-state index contributed by atoms with van der Waals surface area (Å²) < 4.78 is 5.32. The van der Waals surface area contributed by atoms with Gasteiger partial charge in [-0.25, -0.2) is 9.97 Å². The molecule has 6 nitrogen and oxygen atoms in total. The van der Waals surface area contributed by atoms with Gasteiger partial charge in [0.1, 0.15) is 5.75 Å². The molecule has 1 aromatic carbocycles. The summed E-state index contributed by atoms with van der Waals surface area (Å²) in [7, 11) is 1.66. The lowest BCUT2D eigenvalue weighted by molar-refractivity contribution is -0.131. The molecule has 0 spiro atoms. The Kier molecular flexibility index (Phi) is 4.88. The van der Waals surface area contributed by atoms with E-state index in [4.69, 9.17) is 10.5 Å². The highest BCUT2D eigenvalue weighted by atomic mass is 16.5. The summed E-state index contributed by atoms with van der Waals surface area (Å²) in [6.45, 7) is 4.52. The van der Waals surface area contributed by atoms with Crippen LogP contribution in [0.2, 0.25) is 0 Å². The molecule has 132 valence electrons. The number of amides is 1. The number of methoxy groups -OCH3 is 1. The van der Waals surface area contributed by atoms with Crippen molar-refractivity contribution in [2.24, 2.45) is 0 Å². The van der Waals surface area contributed by atoms with Crippen LogP contribution in [0.5, 0.6) is 5.75 Å². The number of aryl methyl sites for hydroxylation is 2. The van der Waals surface area contributed by atoms with Gasteiger partial charge in [-0.05, 0) is 44.4 Å². The average Bonchev–Trinajstić information content (AvgIpc) is 3.07. The summed E-state index contributed by atoms with van der Waals surface area (Å²) >= 11 is 0. The van der Waals surface area contributed by atoms with E-state index in [9.17, 15) is 4.79 Å². The highest BCUT2D eigenvalue weighted by Crippen LogP contribution is 2.34. The second-order valence-corrected chi connectivity index (χ2v) is 6.43. The van der Waals surface area contributed by atoms with Gasteiger partial charge < -0.3 is 15.4 Å². The minimum absolute atomic E-state index is 0.0953. The van der Waals surface area contributed by atoms with Crippen molar-refractivity contribution in [3.05, 3.63) is 46.8 Å². The monoisotopic (exact) mass is 340 g/mol. The number of nitrogens with zero attached hydrogens (tertiary/aromatic N) is 3. The van der Waals surface area contributed by atoms with Gasteiger partial charge in [0.05, 0.1) is 19.6 Å². The second-order valence-electron chi connectivity index (χ2n) is 6.43. The number of hydrogen-bond donors (Lipinski definition) is 1. The zero-order chi connectivity index (χ0) is 18.0. The van der Waals surface area contributed by atoms with Crippen molar-refractivity contribution in [1.29, 1.82) is 0 Å². The minimum atomic E-state index is 0.0953. The molecular weight excluding hydrogens is 316 g/mol. The Labute approximate surface area is 148 Å². The van der Waals surface area contributed by atoms with Crippen LogP contribution in [0.4, 0.5) is 5.95 Å². The molecule has 2 heterocycles. The number of benzene rings is 1. The Balaban J connectivity index is 1.81. The third kappa shape index (κ3) is 3.57. The molecule has 0 saturated carbocycles. The quantitative estimate of drug-likeness (QED) is 0.925. The summed E-state index contributed by atoms with van der Waals surface area (Å²) in [5.74, 6) is 1.17. The predicted molar refractivity (Wildman–Crippen MR) is 96.3 cm³/mol. The summed E-state index contributed by atoms with van der Waals surface area (Å²) in [5.41, 5.74) is 9.21. The molecule has 1 aliphatic heterocycles. The van der Waals surface area contributed by atoms with E-state index in [0.717, 1.165) is 47.7 Å². The number of carbonyl (C=O) groups excluding carboxylic acids is 1. The average molecular weight is 340 g/mol. The van der Waals surface area contributed by atoms with Crippen LogP contribution in [-0.4, -0.2) is 34.4 Å². The number of rotatable bonds is 4. The number of likely N-dealkylation sites (tertiary alicyclic amines) is 1. The van der Waals surface area contributed by atoms with Gasteiger partial charge in [0.15, 0.2) is 0 Å². The highest BCUT2D eigenvalue weighted by molar-refractivity contribution is 5.80. The van der Waals surface area contributed by atoms with Gasteiger partial charge in [0, 0.05) is 23.5 Å². The first-order valence-corrected chi connectivity index (χ1v) is 8.52. The second kappa shape index (κ2) is 7.09. The van der Waals surface area contributed by atoms with E-state index in [1.54, 1.807) is 7.11 Å². The van der Waals surface area contributed by atoms with Crippen LogP contribution in [0.25, 0.3) is 0 Å². The largest absolute Gasteiger partial charge is 0.497 e. The fourth-order valence-corrected chi connectivity index (χ4v) is 3.53. The molecule has 0 radical (unpaired) electrons. The van der Waals surface area contributed by atoms with Gasteiger partial charge in [-0.2, -0.15) is 0 Å². The van der Waals surface area contributed by atoms with Crippen molar-refractivity contribution in [2.45, 2.75) is 39.2 Å². The first-order chi connectivity index (χ1) is 12.0. The molecular formula is C19H24N4O2. The summed E-state index contributed by atoms with van der Waals surface area (Å²) in [5, 5.41) is 0. The molecule has 1 fully saturated rings. The summed E-state index contributed by atoms with van der Waals surface area (Å²) in [6, 6.07) is 8.05. The van der Waals surface area contributed by atoms with E-state index in [-0.39, 0.29) is 17.9 Å². The molecule has 1 aliphatic rings. The lowest BCUT2D eigenvalue weighted by atomic mass is 10.0. The zero-order valence-electron chi connectivity index (χ0n) is 15.0. The lowest BCUT2D eigenvalue weighted by Crippen LogP contribution is -2.32. The number of anilines is 1. The third-order valence-corrected chi connectivity index (χ3v) is 4.82. The van der Waals surface area contributed by atoms with Crippen LogP contribution in [0, 0.1) is 13.8 Å². The minimum Gasteiger partial charge on any atom is -0.497 e. The fraction of sp³-hybridized carbons (Fsp3) is 0.421.